The monoisotopic (exact) mass is 195 g/mol. The van der Waals surface area contributed by atoms with E-state index in [0.29, 0.717) is 11.7 Å². The Bertz CT molecular complexity index is 303. The minimum Gasteiger partial charge on any atom is -0.508 e. The van der Waals surface area contributed by atoms with Crippen LogP contribution in [0.3, 0.4) is 0 Å². The molecule has 0 bridgehead atoms. The van der Waals surface area contributed by atoms with E-state index in [1.54, 1.807) is 6.07 Å². The normalized spacial score (nSPS) is 27.8. The lowest BCUT2D eigenvalue weighted by molar-refractivity contribution is 0.459. The molecule has 0 radical (unpaired) electrons. The molecule has 0 amide bonds. The maximum absolute atomic E-state index is 9.62. The summed E-state index contributed by atoms with van der Waals surface area (Å²) in [6.45, 7) is 0. The lowest BCUT2D eigenvalue weighted by Gasteiger charge is -2.15. The van der Waals surface area contributed by atoms with Crippen LogP contribution in [0, 0.1) is 0 Å². The van der Waals surface area contributed by atoms with Gasteiger partial charge < -0.3 is 10.8 Å². The molecule has 3 N–H and O–H groups in total. The standard InChI is InChI=1S/C10H13NOS/c11-9-6-13-5-8(9)7-3-1-2-4-10(7)12/h1-4,8-9,12H,5-6,11H2. The molecule has 70 valence electrons. The molecule has 1 aliphatic heterocycles. The average molecular weight is 195 g/mol. The molecule has 2 unspecified atom stereocenters. The van der Waals surface area contributed by atoms with E-state index in [2.05, 4.69) is 0 Å². The molecule has 2 nitrogen and oxygen atoms in total. The molecule has 0 spiro atoms. The fourth-order valence-corrected chi connectivity index (χ4v) is 3.01. The predicted octanol–water partition coefficient (Wildman–Crippen LogP) is 1.55. The molecule has 1 aliphatic rings. The first-order valence-electron chi connectivity index (χ1n) is 4.40. The zero-order valence-electron chi connectivity index (χ0n) is 7.31. The number of hydrogen-bond acceptors (Lipinski definition) is 3. The van der Waals surface area contributed by atoms with E-state index in [1.807, 2.05) is 30.0 Å². The summed E-state index contributed by atoms with van der Waals surface area (Å²) in [5.74, 6) is 2.73. The molecule has 2 atom stereocenters. The summed E-state index contributed by atoms with van der Waals surface area (Å²) in [4.78, 5) is 0. The molecule has 13 heavy (non-hydrogen) atoms. The van der Waals surface area contributed by atoms with Crippen LogP contribution in [0.1, 0.15) is 11.5 Å². The third-order valence-electron chi connectivity index (χ3n) is 2.46. The Kier molecular flexibility index (Phi) is 2.47. The van der Waals surface area contributed by atoms with Gasteiger partial charge in [0.2, 0.25) is 0 Å². The van der Waals surface area contributed by atoms with Crippen LogP contribution >= 0.6 is 11.8 Å². The highest BCUT2D eigenvalue weighted by atomic mass is 32.2. The summed E-state index contributed by atoms with van der Waals surface area (Å²) in [6.07, 6.45) is 0. The lowest BCUT2D eigenvalue weighted by Crippen LogP contribution is -2.26. The maximum atomic E-state index is 9.62. The fraction of sp³-hybridized carbons (Fsp3) is 0.400. The van der Waals surface area contributed by atoms with Crippen molar-refractivity contribution >= 4 is 11.8 Å². The van der Waals surface area contributed by atoms with Gasteiger partial charge in [-0.3, -0.25) is 0 Å². The van der Waals surface area contributed by atoms with Crippen LogP contribution in [0.5, 0.6) is 5.75 Å². The smallest absolute Gasteiger partial charge is 0.119 e. The second-order valence-corrected chi connectivity index (χ2v) is 4.44. The van der Waals surface area contributed by atoms with Crippen LogP contribution in [-0.2, 0) is 0 Å². The first-order valence-corrected chi connectivity index (χ1v) is 5.55. The Hall–Kier alpha value is -0.670. The van der Waals surface area contributed by atoms with E-state index in [1.165, 1.54) is 0 Å². The molecule has 0 saturated carbocycles. The van der Waals surface area contributed by atoms with Crippen LogP contribution in [0.2, 0.25) is 0 Å². The van der Waals surface area contributed by atoms with Crippen molar-refractivity contribution in [2.75, 3.05) is 11.5 Å². The number of benzene rings is 1. The quantitative estimate of drug-likeness (QED) is 0.714. The summed E-state index contributed by atoms with van der Waals surface area (Å²) in [7, 11) is 0. The summed E-state index contributed by atoms with van der Waals surface area (Å²) >= 11 is 1.86. The van der Waals surface area contributed by atoms with E-state index in [4.69, 9.17) is 5.73 Å². The number of aromatic hydroxyl groups is 1. The molecule has 0 aromatic heterocycles. The van der Waals surface area contributed by atoms with Gasteiger partial charge in [0, 0.05) is 23.5 Å². The van der Waals surface area contributed by atoms with Gasteiger partial charge in [-0.05, 0) is 11.6 Å². The third-order valence-corrected chi connectivity index (χ3v) is 3.68. The van der Waals surface area contributed by atoms with Crippen LogP contribution < -0.4 is 5.73 Å². The van der Waals surface area contributed by atoms with Crippen molar-refractivity contribution in [1.29, 1.82) is 0 Å². The minimum absolute atomic E-state index is 0.193. The molecular weight excluding hydrogens is 182 g/mol. The number of phenols is 1. The Balaban J connectivity index is 2.29. The fourth-order valence-electron chi connectivity index (χ4n) is 1.69. The molecule has 1 saturated heterocycles. The SMILES string of the molecule is NC1CSCC1c1ccccc1O. The molecule has 1 fully saturated rings. The Morgan fingerprint density at radius 2 is 2.08 bits per heavy atom. The number of hydrogen-bond donors (Lipinski definition) is 2. The molecule has 0 aliphatic carbocycles. The summed E-state index contributed by atoms with van der Waals surface area (Å²) in [5.41, 5.74) is 6.95. The molecule has 1 heterocycles. The highest BCUT2D eigenvalue weighted by Gasteiger charge is 2.27. The number of thioether (sulfide) groups is 1. The van der Waals surface area contributed by atoms with Gasteiger partial charge >= 0.3 is 0 Å². The first kappa shape index (κ1) is 8.91. The number of phenolic OH excluding ortho intramolecular Hbond substituents is 1. The van der Waals surface area contributed by atoms with Crippen molar-refractivity contribution in [2.24, 2.45) is 5.73 Å². The Morgan fingerprint density at radius 1 is 1.31 bits per heavy atom. The van der Waals surface area contributed by atoms with Gasteiger partial charge in [0.1, 0.15) is 5.75 Å². The van der Waals surface area contributed by atoms with Gasteiger partial charge in [0.05, 0.1) is 0 Å². The van der Waals surface area contributed by atoms with E-state index >= 15 is 0 Å². The van der Waals surface area contributed by atoms with Crippen LogP contribution in [0.15, 0.2) is 24.3 Å². The van der Waals surface area contributed by atoms with Crippen LogP contribution in [0.25, 0.3) is 0 Å². The maximum Gasteiger partial charge on any atom is 0.119 e. The van der Waals surface area contributed by atoms with Crippen LogP contribution in [0.4, 0.5) is 0 Å². The lowest BCUT2D eigenvalue weighted by atomic mass is 9.94. The van der Waals surface area contributed by atoms with Crippen molar-refractivity contribution in [2.45, 2.75) is 12.0 Å². The highest BCUT2D eigenvalue weighted by molar-refractivity contribution is 7.99. The van der Waals surface area contributed by atoms with Gasteiger partial charge in [0.25, 0.3) is 0 Å². The van der Waals surface area contributed by atoms with Crippen molar-refractivity contribution in [3.8, 4) is 5.75 Å². The van der Waals surface area contributed by atoms with E-state index in [9.17, 15) is 5.11 Å². The third kappa shape index (κ3) is 1.67. The number of para-hydroxylation sites is 1. The van der Waals surface area contributed by atoms with Crippen molar-refractivity contribution in [3.05, 3.63) is 29.8 Å². The zero-order valence-corrected chi connectivity index (χ0v) is 8.13. The van der Waals surface area contributed by atoms with Crippen LogP contribution in [-0.4, -0.2) is 22.7 Å². The topological polar surface area (TPSA) is 46.2 Å². The van der Waals surface area contributed by atoms with Gasteiger partial charge in [-0.1, -0.05) is 18.2 Å². The largest absolute Gasteiger partial charge is 0.508 e. The molecule has 2 rings (SSSR count). The highest BCUT2D eigenvalue weighted by Crippen LogP contribution is 2.35. The van der Waals surface area contributed by atoms with Gasteiger partial charge in [-0.15, -0.1) is 0 Å². The second kappa shape index (κ2) is 3.60. The molecule has 1 aromatic rings. The average Bonchev–Trinajstić information content (AvgIpc) is 2.52. The van der Waals surface area contributed by atoms with Gasteiger partial charge in [-0.2, -0.15) is 11.8 Å². The van der Waals surface area contributed by atoms with Crippen molar-refractivity contribution < 1.29 is 5.11 Å². The molecule has 3 heteroatoms. The summed E-state index contributed by atoms with van der Waals surface area (Å²) in [6, 6.07) is 7.67. The van der Waals surface area contributed by atoms with Crippen molar-refractivity contribution in [3.63, 3.8) is 0 Å². The van der Waals surface area contributed by atoms with Gasteiger partial charge in [-0.25, -0.2) is 0 Å². The predicted molar refractivity (Wildman–Crippen MR) is 56.1 cm³/mol. The Morgan fingerprint density at radius 3 is 2.69 bits per heavy atom. The molecule has 1 aromatic carbocycles. The second-order valence-electron chi connectivity index (χ2n) is 3.37. The number of nitrogens with two attached hydrogens (primary N) is 1. The summed E-state index contributed by atoms with van der Waals surface area (Å²) < 4.78 is 0. The first-order chi connectivity index (χ1) is 6.29. The summed E-state index contributed by atoms with van der Waals surface area (Å²) in [5, 5.41) is 9.62. The zero-order chi connectivity index (χ0) is 9.26. The van der Waals surface area contributed by atoms with E-state index < -0.39 is 0 Å². The Labute approximate surface area is 82.1 Å². The number of rotatable bonds is 1. The van der Waals surface area contributed by atoms with Crippen molar-refractivity contribution in [1.82, 2.24) is 0 Å². The van der Waals surface area contributed by atoms with E-state index in [-0.39, 0.29) is 6.04 Å². The van der Waals surface area contributed by atoms with Gasteiger partial charge in [0.15, 0.2) is 0 Å². The van der Waals surface area contributed by atoms with E-state index in [0.717, 1.165) is 17.1 Å². The molecular formula is C10H13NOS. The minimum atomic E-state index is 0.193.